The van der Waals surface area contributed by atoms with Gasteiger partial charge in [0.25, 0.3) is 0 Å². The fourth-order valence-electron chi connectivity index (χ4n) is 2.17. The van der Waals surface area contributed by atoms with Gasteiger partial charge in [0.2, 0.25) is 0 Å². The van der Waals surface area contributed by atoms with Gasteiger partial charge in [-0.2, -0.15) is 0 Å². The van der Waals surface area contributed by atoms with Gasteiger partial charge in [0.1, 0.15) is 11.6 Å². The first kappa shape index (κ1) is 14.9. The van der Waals surface area contributed by atoms with Crippen molar-refractivity contribution in [1.82, 2.24) is 9.97 Å². The Labute approximate surface area is 125 Å². The van der Waals surface area contributed by atoms with Crippen LogP contribution in [0.25, 0.3) is 11.4 Å². The Kier molecular flexibility index (Phi) is 4.35. The SMILES string of the molecule is Cc1nc(-c2ccc(F)cc2Br)nc(NN)c1C(C)C. The van der Waals surface area contributed by atoms with Crippen LogP contribution in [0.4, 0.5) is 10.2 Å². The molecule has 0 amide bonds. The summed E-state index contributed by atoms with van der Waals surface area (Å²) in [7, 11) is 0. The summed E-state index contributed by atoms with van der Waals surface area (Å²) < 4.78 is 13.8. The van der Waals surface area contributed by atoms with Crippen molar-refractivity contribution in [3.05, 3.63) is 39.7 Å². The Hall–Kier alpha value is -1.53. The van der Waals surface area contributed by atoms with E-state index in [1.165, 1.54) is 12.1 Å². The zero-order valence-corrected chi connectivity index (χ0v) is 13.1. The molecule has 6 heteroatoms. The van der Waals surface area contributed by atoms with Gasteiger partial charge in [-0.15, -0.1) is 0 Å². The maximum absolute atomic E-state index is 13.2. The predicted molar refractivity (Wildman–Crippen MR) is 81.8 cm³/mol. The molecule has 2 aromatic rings. The van der Waals surface area contributed by atoms with Crippen LogP contribution < -0.4 is 11.3 Å². The van der Waals surface area contributed by atoms with E-state index in [2.05, 4.69) is 45.2 Å². The summed E-state index contributed by atoms with van der Waals surface area (Å²) in [5.74, 6) is 6.60. The molecular formula is C14H16BrFN4. The summed E-state index contributed by atoms with van der Waals surface area (Å²) in [6.45, 7) is 6.03. The van der Waals surface area contributed by atoms with E-state index in [1.54, 1.807) is 6.07 Å². The van der Waals surface area contributed by atoms with Gasteiger partial charge < -0.3 is 5.43 Å². The highest BCUT2D eigenvalue weighted by molar-refractivity contribution is 9.10. The number of halogens is 2. The van der Waals surface area contributed by atoms with E-state index in [4.69, 9.17) is 5.84 Å². The van der Waals surface area contributed by atoms with Gasteiger partial charge >= 0.3 is 0 Å². The molecule has 0 radical (unpaired) electrons. The second kappa shape index (κ2) is 5.85. The number of rotatable bonds is 3. The topological polar surface area (TPSA) is 63.8 Å². The number of benzene rings is 1. The number of nitrogens with two attached hydrogens (primary N) is 1. The fraction of sp³-hybridized carbons (Fsp3) is 0.286. The average Bonchev–Trinajstić information content (AvgIpc) is 2.37. The summed E-state index contributed by atoms with van der Waals surface area (Å²) in [4.78, 5) is 8.94. The molecule has 3 N–H and O–H groups in total. The van der Waals surface area contributed by atoms with Gasteiger partial charge in [-0.3, -0.25) is 0 Å². The number of nitrogens with one attached hydrogen (secondary N) is 1. The maximum atomic E-state index is 13.2. The van der Waals surface area contributed by atoms with Crippen LogP contribution in [0.3, 0.4) is 0 Å². The molecule has 0 unspecified atom stereocenters. The summed E-state index contributed by atoms with van der Waals surface area (Å²) in [5.41, 5.74) is 5.18. The third kappa shape index (κ3) is 2.81. The van der Waals surface area contributed by atoms with Crippen molar-refractivity contribution in [1.29, 1.82) is 0 Å². The Bertz CT molecular complexity index is 643. The zero-order chi connectivity index (χ0) is 14.9. The first-order valence-corrected chi connectivity index (χ1v) is 7.04. The van der Waals surface area contributed by atoms with Crippen LogP contribution in [0.1, 0.15) is 31.0 Å². The minimum absolute atomic E-state index is 0.256. The van der Waals surface area contributed by atoms with Crippen LogP contribution in [0.2, 0.25) is 0 Å². The van der Waals surface area contributed by atoms with Crippen molar-refractivity contribution >= 4 is 21.7 Å². The van der Waals surface area contributed by atoms with Crippen LogP contribution in [0.5, 0.6) is 0 Å². The standard InChI is InChI=1S/C14H16BrFN4/c1-7(2)12-8(3)18-13(19-14(12)20-17)10-5-4-9(16)6-11(10)15/h4-7H,17H2,1-3H3,(H,18,19,20). The molecule has 0 saturated carbocycles. The number of anilines is 1. The maximum Gasteiger partial charge on any atom is 0.162 e. The summed E-state index contributed by atoms with van der Waals surface area (Å²) in [6, 6.07) is 4.41. The van der Waals surface area contributed by atoms with Crippen LogP contribution in [0, 0.1) is 12.7 Å². The molecule has 0 bridgehead atoms. The lowest BCUT2D eigenvalue weighted by Crippen LogP contribution is -2.14. The summed E-state index contributed by atoms with van der Waals surface area (Å²) in [5, 5.41) is 0. The largest absolute Gasteiger partial charge is 0.308 e. The molecule has 0 aliphatic heterocycles. The number of nitrogens with zero attached hydrogens (tertiary/aromatic N) is 2. The monoisotopic (exact) mass is 338 g/mol. The quantitative estimate of drug-likeness (QED) is 0.660. The number of hydrazine groups is 1. The van der Waals surface area contributed by atoms with Gasteiger partial charge in [-0.1, -0.05) is 13.8 Å². The number of hydrogen-bond donors (Lipinski definition) is 2. The van der Waals surface area contributed by atoms with E-state index < -0.39 is 0 Å². The van der Waals surface area contributed by atoms with Crippen LogP contribution >= 0.6 is 15.9 Å². The van der Waals surface area contributed by atoms with Gasteiger partial charge in [0.15, 0.2) is 5.82 Å². The number of aromatic nitrogens is 2. The van der Waals surface area contributed by atoms with Crippen molar-refractivity contribution in [2.45, 2.75) is 26.7 Å². The molecule has 4 nitrogen and oxygen atoms in total. The van der Waals surface area contributed by atoms with E-state index in [0.29, 0.717) is 16.1 Å². The lowest BCUT2D eigenvalue weighted by Gasteiger charge is -2.15. The molecule has 20 heavy (non-hydrogen) atoms. The number of hydrogen-bond acceptors (Lipinski definition) is 4. The molecule has 0 aliphatic carbocycles. The van der Waals surface area contributed by atoms with Gasteiger partial charge in [0, 0.05) is 21.3 Å². The third-order valence-corrected chi connectivity index (χ3v) is 3.68. The predicted octanol–water partition coefficient (Wildman–Crippen LogP) is 3.76. The molecule has 1 aromatic carbocycles. The molecule has 0 fully saturated rings. The molecule has 0 aliphatic rings. The van der Waals surface area contributed by atoms with E-state index in [-0.39, 0.29) is 11.7 Å². The fourth-order valence-corrected chi connectivity index (χ4v) is 2.70. The van der Waals surface area contributed by atoms with Crippen molar-refractivity contribution < 1.29 is 4.39 Å². The Morgan fingerprint density at radius 3 is 2.55 bits per heavy atom. The Morgan fingerprint density at radius 1 is 1.30 bits per heavy atom. The number of aryl methyl sites for hydroxylation is 1. The summed E-state index contributed by atoms with van der Waals surface area (Å²) in [6.07, 6.45) is 0. The second-order valence-electron chi connectivity index (χ2n) is 4.82. The lowest BCUT2D eigenvalue weighted by molar-refractivity contribution is 0.627. The zero-order valence-electron chi connectivity index (χ0n) is 11.5. The highest BCUT2D eigenvalue weighted by Gasteiger charge is 2.16. The highest BCUT2D eigenvalue weighted by atomic mass is 79.9. The molecule has 106 valence electrons. The molecule has 0 saturated heterocycles. The minimum atomic E-state index is -0.312. The molecule has 1 aromatic heterocycles. The molecule has 0 atom stereocenters. The average molecular weight is 339 g/mol. The molecule has 2 rings (SSSR count). The van der Waals surface area contributed by atoms with E-state index in [0.717, 1.165) is 16.8 Å². The smallest absolute Gasteiger partial charge is 0.162 e. The van der Waals surface area contributed by atoms with Crippen molar-refractivity contribution in [2.75, 3.05) is 5.43 Å². The summed E-state index contributed by atoms with van der Waals surface area (Å²) >= 11 is 3.33. The van der Waals surface area contributed by atoms with Gasteiger partial charge in [-0.25, -0.2) is 20.2 Å². The van der Waals surface area contributed by atoms with Crippen molar-refractivity contribution in [3.63, 3.8) is 0 Å². The highest BCUT2D eigenvalue weighted by Crippen LogP contribution is 2.31. The first-order chi connectivity index (χ1) is 9.43. The molecular weight excluding hydrogens is 323 g/mol. The van der Waals surface area contributed by atoms with Gasteiger partial charge in [-0.05, 0) is 47.0 Å². The molecule has 1 heterocycles. The first-order valence-electron chi connectivity index (χ1n) is 6.24. The van der Waals surface area contributed by atoms with Crippen molar-refractivity contribution in [2.24, 2.45) is 5.84 Å². The van der Waals surface area contributed by atoms with Crippen LogP contribution in [0.15, 0.2) is 22.7 Å². The second-order valence-corrected chi connectivity index (χ2v) is 5.67. The van der Waals surface area contributed by atoms with E-state index in [1.807, 2.05) is 6.92 Å². The van der Waals surface area contributed by atoms with E-state index in [9.17, 15) is 4.39 Å². The van der Waals surface area contributed by atoms with Crippen LogP contribution in [-0.4, -0.2) is 9.97 Å². The van der Waals surface area contributed by atoms with Crippen LogP contribution in [-0.2, 0) is 0 Å². The van der Waals surface area contributed by atoms with E-state index >= 15 is 0 Å². The Balaban J connectivity index is 2.61. The third-order valence-electron chi connectivity index (χ3n) is 3.02. The minimum Gasteiger partial charge on any atom is -0.308 e. The van der Waals surface area contributed by atoms with Crippen molar-refractivity contribution in [3.8, 4) is 11.4 Å². The Morgan fingerprint density at radius 2 is 2.00 bits per heavy atom. The van der Waals surface area contributed by atoms with Gasteiger partial charge in [0.05, 0.1) is 0 Å². The number of nitrogen functional groups attached to an aromatic ring is 1. The normalized spacial score (nSPS) is 10.9. The lowest BCUT2D eigenvalue weighted by atomic mass is 10.0. The molecule has 0 spiro atoms.